The molecule has 4 nitrogen and oxygen atoms in total. The second kappa shape index (κ2) is 22.5. The van der Waals surface area contributed by atoms with Crippen LogP contribution in [-0.2, 0) is 0 Å². The van der Waals surface area contributed by atoms with E-state index < -0.39 is 0 Å². The number of hydrogen-bond acceptors (Lipinski definition) is 3. The maximum Gasteiger partial charge on any atom is 0.0907 e. The summed E-state index contributed by atoms with van der Waals surface area (Å²) in [5.41, 5.74) is 24.3. The smallest absolute Gasteiger partial charge is 0.0907 e. The summed E-state index contributed by atoms with van der Waals surface area (Å²) in [6, 6.07) is 104. The molecule has 2 heterocycles. The quantitative estimate of drug-likeness (QED) is 0.0490. The Bertz CT molecular complexity index is 4750. The van der Waals surface area contributed by atoms with Crippen molar-refractivity contribution in [3.63, 3.8) is 0 Å². The molecular formula is C82H62N4. The summed E-state index contributed by atoms with van der Waals surface area (Å²) in [6.45, 7) is 4.78. The molecular weight excluding hydrogens is 1040 g/mol. The van der Waals surface area contributed by atoms with Crippen LogP contribution in [0, 0.1) is 0 Å². The first-order valence-corrected chi connectivity index (χ1v) is 30.0. The summed E-state index contributed by atoms with van der Waals surface area (Å²) in [7, 11) is 1.93. The fraction of sp³-hybridized carbons (Fsp3) is 0.0732. The molecule has 410 valence electrons. The minimum absolute atomic E-state index is 0.144. The maximum atomic E-state index is 5.37. The Morgan fingerprint density at radius 1 is 0.395 bits per heavy atom. The standard InChI is InChI=1S/C82H62N4/c1-3-84-81-66(64-46-49-68-67-30-20-21-35-74(67)86(75(68)54-64)65-47-44-62(45-48-65)79-71-33-18-16-31-69(71)78(59-28-14-7-15-29-59)70-32-17-19-34-72(70)79)50-51-73(80(81)83-2)76(60-38-36-56(37-39-60)55-22-8-4-9-23-55)61-40-42-63(43-41-61)82(85-52-53-85)77(57-24-10-5-11-25-57)58-26-12-6-13-27-58/h4-51,54,76H,3,52-53H2,1-2H3. The Balaban J connectivity index is 0.850. The molecule has 0 amide bonds. The third kappa shape index (κ3) is 9.37. The SMILES string of the molecule is CCN=C1C(c2ccc3c4ccccc4n(-c4ccc(-c5c6ccccc6c(-c6ccccc6)c6ccccc56)cc4)c3c2)=CC=C(C(c2ccc(C(=C(c3ccccc3)c3ccccc3)N3CC3)cc2)c2ccc(-c3ccccc3)cc2)C1=NC. The highest BCUT2D eigenvalue weighted by molar-refractivity contribution is 6.63. The average molecular weight is 1100 g/mol. The number of rotatable bonds is 13. The van der Waals surface area contributed by atoms with Gasteiger partial charge in [0.1, 0.15) is 0 Å². The van der Waals surface area contributed by atoms with E-state index in [0.29, 0.717) is 6.54 Å². The van der Waals surface area contributed by atoms with Crippen molar-refractivity contribution >= 4 is 71.6 Å². The molecule has 1 aromatic heterocycles. The van der Waals surface area contributed by atoms with E-state index in [1.165, 1.54) is 105 Å². The van der Waals surface area contributed by atoms with E-state index >= 15 is 0 Å². The van der Waals surface area contributed by atoms with Crippen molar-refractivity contribution in [2.75, 3.05) is 26.7 Å². The van der Waals surface area contributed by atoms with Crippen LogP contribution in [0.15, 0.2) is 313 Å². The van der Waals surface area contributed by atoms with E-state index in [4.69, 9.17) is 9.98 Å². The molecule has 0 saturated carbocycles. The Morgan fingerprint density at radius 2 is 0.849 bits per heavy atom. The number of nitrogens with zero attached hydrogens (tertiary/aromatic N) is 4. The first-order chi connectivity index (χ1) is 42.6. The van der Waals surface area contributed by atoms with Crippen LogP contribution < -0.4 is 0 Å². The monoisotopic (exact) mass is 1100 g/mol. The van der Waals surface area contributed by atoms with Gasteiger partial charge in [-0.3, -0.25) is 9.98 Å². The first kappa shape index (κ1) is 52.1. The zero-order valence-electron chi connectivity index (χ0n) is 48.3. The summed E-state index contributed by atoms with van der Waals surface area (Å²) in [4.78, 5) is 13.1. The third-order valence-corrected chi connectivity index (χ3v) is 17.4. The van der Waals surface area contributed by atoms with Crippen molar-refractivity contribution in [1.82, 2.24) is 9.47 Å². The molecule has 0 bridgehead atoms. The molecule has 4 heteroatoms. The maximum absolute atomic E-state index is 5.37. The molecule has 86 heavy (non-hydrogen) atoms. The first-order valence-electron chi connectivity index (χ1n) is 30.0. The molecule has 1 unspecified atom stereocenters. The van der Waals surface area contributed by atoms with Crippen LogP contribution in [0.25, 0.3) is 99.3 Å². The Labute approximate surface area is 503 Å². The van der Waals surface area contributed by atoms with E-state index in [1.54, 1.807) is 0 Å². The van der Waals surface area contributed by atoms with Gasteiger partial charge in [0.25, 0.3) is 0 Å². The molecule has 1 fully saturated rings. The van der Waals surface area contributed by atoms with Crippen LogP contribution in [0.4, 0.5) is 0 Å². The topological polar surface area (TPSA) is 32.7 Å². The van der Waals surface area contributed by atoms with Crippen LogP contribution in [0.1, 0.15) is 46.2 Å². The van der Waals surface area contributed by atoms with Crippen LogP contribution in [0.5, 0.6) is 0 Å². The normalized spacial score (nSPS) is 14.5. The van der Waals surface area contributed by atoms with Crippen molar-refractivity contribution < 1.29 is 0 Å². The Kier molecular flexibility index (Phi) is 13.6. The van der Waals surface area contributed by atoms with E-state index in [-0.39, 0.29) is 5.92 Å². The van der Waals surface area contributed by atoms with E-state index in [9.17, 15) is 0 Å². The predicted molar refractivity (Wildman–Crippen MR) is 365 cm³/mol. The molecule has 0 spiro atoms. The van der Waals surface area contributed by atoms with Gasteiger partial charge in [-0.1, -0.05) is 273 Å². The van der Waals surface area contributed by atoms with Crippen molar-refractivity contribution in [1.29, 1.82) is 0 Å². The minimum Gasteiger partial charge on any atom is -0.367 e. The van der Waals surface area contributed by atoms with Gasteiger partial charge in [-0.25, -0.2) is 0 Å². The van der Waals surface area contributed by atoms with Crippen molar-refractivity contribution in [2.24, 2.45) is 9.98 Å². The molecule has 1 saturated heterocycles. The molecule has 15 rings (SSSR count). The summed E-state index contributed by atoms with van der Waals surface area (Å²) >= 11 is 0. The van der Waals surface area contributed by atoms with Crippen LogP contribution in [-0.4, -0.2) is 47.6 Å². The third-order valence-electron chi connectivity index (χ3n) is 17.4. The lowest BCUT2D eigenvalue weighted by molar-refractivity contribution is 0.807. The summed E-state index contributed by atoms with van der Waals surface area (Å²) in [6.07, 6.45) is 4.62. The van der Waals surface area contributed by atoms with Crippen LogP contribution >= 0.6 is 0 Å². The molecule has 1 aliphatic carbocycles. The summed E-state index contributed by atoms with van der Waals surface area (Å²) < 4.78 is 2.44. The molecule has 1 aliphatic heterocycles. The van der Waals surface area contributed by atoms with Crippen LogP contribution in [0.3, 0.4) is 0 Å². The van der Waals surface area contributed by atoms with Gasteiger partial charge < -0.3 is 9.47 Å². The number of hydrogen-bond donors (Lipinski definition) is 0. The predicted octanol–water partition coefficient (Wildman–Crippen LogP) is 20.0. The minimum atomic E-state index is -0.144. The second-order valence-corrected chi connectivity index (χ2v) is 22.4. The van der Waals surface area contributed by atoms with E-state index in [2.05, 4.69) is 314 Å². The number of fused-ring (bicyclic) bond motifs is 5. The van der Waals surface area contributed by atoms with Gasteiger partial charge in [0.05, 0.1) is 28.2 Å². The fourth-order valence-corrected chi connectivity index (χ4v) is 13.5. The highest BCUT2D eigenvalue weighted by atomic mass is 15.3. The molecule has 13 aromatic rings. The van der Waals surface area contributed by atoms with Gasteiger partial charge in [-0.15, -0.1) is 0 Å². The Morgan fingerprint density at radius 3 is 1.40 bits per heavy atom. The lowest BCUT2D eigenvalue weighted by atomic mass is 9.77. The van der Waals surface area contributed by atoms with Gasteiger partial charge in [-0.2, -0.15) is 0 Å². The molecule has 0 radical (unpaired) electrons. The van der Waals surface area contributed by atoms with Crippen molar-refractivity contribution in [3.05, 3.63) is 336 Å². The highest BCUT2D eigenvalue weighted by Gasteiger charge is 2.32. The fourth-order valence-electron chi connectivity index (χ4n) is 13.5. The molecule has 0 N–H and O–H groups in total. The largest absolute Gasteiger partial charge is 0.367 e. The van der Waals surface area contributed by atoms with Crippen LogP contribution in [0.2, 0.25) is 0 Å². The van der Waals surface area contributed by atoms with Crippen molar-refractivity contribution in [2.45, 2.75) is 12.8 Å². The Hall–Kier alpha value is -10.7. The number of allylic oxidation sites excluding steroid dienone is 4. The zero-order valence-corrected chi connectivity index (χ0v) is 48.3. The van der Waals surface area contributed by atoms with Gasteiger partial charge in [0.15, 0.2) is 0 Å². The number of aliphatic imine (C=N–C) groups is 2. The van der Waals surface area contributed by atoms with Gasteiger partial charge in [0, 0.05) is 60.2 Å². The zero-order chi connectivity index (χ0) is 57.5. The van der Waals surface area contributed by atoms with Crippen molar-refractivity contribution in [3.8, 4) is 39.1 Å². The van der Waals surface area contributed by atoms with E-state index in [1.807, 2.05) is 7.05 Å². The van der Waals surface area contributed by atoms with Gasteiger partial charge >= 0.3 is 0 Å². The second-order valence-electron chi connectivity index (χ2n) is 22.4. The molecule has 12 aromatic carbocycles. The number of aromatic nitrogens is 1. The molecule has 2 aliphatic rings. The molecule has 1 atom stereocenters. The average Bonchev–Trinajstić information content (AvgIpc) is 1.50. The number of para-hydroxylation sites is 1. The highest BCUT2D eigenvalue weighted by Crippen LogP contribution is 2.46. The van der Waals surface area contributed by atoms with E-state index in [0.717, 1.165) is 57.9 Å². The lowest BCUT2D eigenvalue weighted by Gasteiger charge is -2.28. The van der Waals surface area contributed by atoms with Gasteiger partial charge in [-0.05, 0) is 125 Å². The number of benzene rings is 12. The summed E-state index contributed by atoms with van der Waals surface area (Å²) in [5.74, 6) is -0.144. The van der Waals surface area contributed by atoms with Gasteiger partial charge in [0.2, 0.25) is 0 Å². The lowest BCUT2D eigenvalue weighted by Crippen LogP contribution is -2.26. The summed E-state index contributed by atoms with van der Waals surface area (Å²) in [5, 5.41) is 7.40.